The van der Waals surface area contributed by atoms with Crippen molar-refractivity contribution >= 4 is 34.2 Å². The molecule has 3 aromatic rings. The van der Waals surface area contributed by atoms with Crippen molar-refractivity contribution in [3.8, 4) is 6.07 Å². The number of benzene rings is 1. The lowest BCUT2D eigenvalue weighted by Crippen LogP contribution is -2.33. The first-order chi connectivity index (χ1) is 14.2. The fraction of sp³-hybridized carbons (Fsp3) is 0.333. The number of fused-ring (bicyclic) bond motifs is 1. The van der Waals surface area contributed by atoms with Gasteiger partial charge >= 0.3 is 0 Å². The third kappa shape index (κ3) is 4.20. The maximum absolute atomic E-state index is 9.18. The van der Waals surface area contributed by atoms with Crippen LogP contribution in [0.2, 0.25) is 0 Å². The molecule has 0 saturated carbocycles. The van der Waals surface area contributed by atoms with Gasteiger partial charge in [0.1, 0.15) is 5.52 Å². The van der Waals surface area contributed by atoms with Crippen molar-refractivity contribution < 1.29 is 0 Å². The van der Waals surface area contributed by atoms with E-state index in [1.54, 1.807) is 24.4 Å². The number of hydrogen-bond donors (Lipinski definition) is 3. The maximum atomic E-state index is 9.18. The van der Waals surface area contributed by atoms with Crippen LogP contribution >= 0.6 is 0 Å². The molecule has 8 nitrogen and oxygen atoms in total. The number of aromatic nitrogens is 3. The molecule has 0 amide bonds. The molecule has 0 radical (unpaired) electrons. The molecule has 8 heteroatoms. The normalized spacial score (nSPS) is 16.1. The summed E-state index contributed by atoms with van der Waals surface area (Å²) in [4.78, 5) is 16.2. The molecule has 1 aliphatic heterocycles. The fourth-order valence-corrected chi connectivity index (χ4v) is 3.61. The third-order valence-corrected chi connectivity index (χ3v) is 4.95. The molecule has 1 aromatic carbocycles. The summed E-state index contributed by atoms with van der Waals surface area (Å²) in [5, 5.41) is 16.0. The van der Waals surface area contributed by atoms with Gasteiger partial charge in [-0.05, 0) is 49.7 Å². The van der Waals surface area contributed by atoms with Crippen molar-refractivity contribution in [3.63, 3.8) is 0 Å². The van der Waals surface area contributed by atoms with Crippen molar-refractivity contribution in [2.24, 2.45) is 0 Å². The first-order valence-corrected chi connectivity index (χ1v) is 9.85. The lowest BCUT2D eigenvalue weighted by atomic mass is 10.2. The van der Waals surface area contributed by atoms with Crippen molar-refractivity contribution in [3.05, 3.63) is 42.1 Å². The average Bonchev–Trinajstić information content (AvgIpc) is 3.20. The number of nitrogen functional groups attached to an aromatic ring is 1. The van der Waals surface area contributed by atoms with Crippen molar-refractivity contribution in [2.45, 2.75) is 25.8 Å². The summed E-state index contributed by atoms with van der Waals surface area (Å²) in [6.45, 7) is 5.00. The van der Waals surface area contributed by atoms with Gasteiger partial charge in [-0.15, -0.1) is 0 Å². The molecule has 1 atom stereocenters. The SMILES string of the molecule is CCCN[C@H]1CCN(c2nc(Nc3cc(N)cc(C#N)c3)nc3cccnc23)C1. The molecule has 2 aromatic heterocycles. The van der Waals surface area contributed by atoms with Gasteiger partial charge < -0.3 is 21.3 Å². The third-order valence-electron chi connectivity index (χ3n) is 4.95. The van der Waals surface area contributed by atoms with Crippen LogP contribution in [0.5, 0.6) is 0 Å². The second-order valence-electron chi connectivity index (χ2n) is 7.21. The fourth-order valence-electron chi connectivity index (χ4n) is 3.61. The Morgan fingerprint density at radius 2 is 2.21 bits per heavy atom. The molecular formula is C21H24N8. The highest BCUT2D eigenvalue weighted by atomic mass is 15.3. The smallest absolute Gasteiger partial charge is 0.229 e. The van der Waals surface area contributed by atoms with E-state index in [0.717, 1.165) is 49.3 Å². The Morgan fingerprint density at radius 3 is 3.03 bits per heavy atom. The molecule has 148 valence electrons. The molecule has 0 unspecified atom stereocenters. The van der Waals surface area contributed by atoms with Gasteiger partial charge in [-0.1, -0.05) is 6.92 Å². The second-order valence-corrected chi connectivity index (χ2v) is 7.21. The van der Waals surface area contributed by atoms with Crippen LogP contribution in [0.1, 0.15) is 25.3 Å². The minimum Gasteiger partial charge on any atom is -0.399 e. The van der Waals surface area contributed by atoms with E-state index in [9.17, 15) is 5.26 Å². The second kappa shape index (κ2) is 8.29. The van der Waals surface area contributed by atoms with E-state index in [0.29, 0.717) is 28.9 Å². The first kappa shape index (κ1) is 18.9. The lowest BCUT2D eigenvalue weighted by molar-refractivity contribution is 0.549. The zero-order valence-electron chi connectivity index (χ0n) is 16.4. The highest BCUT2D eigenvalue weighted by Crippen LogP contribution is 2.28. The van der Waals surface area contributed by atoms with E-state index in [2.05, 4.69) is 38.5 Å². The number of nitrogens with two attached hydrogens (primary N) is 1. The molecule has 0 spiro atoms. The van der Waals surface area contributed by atoms with Crippen LogP contribution in [0.15, 0.2) is 36.5 Å². The number of nitriles is 1. The molecule has 1 saturated heterocycles. The van der Waals surface area contributed by atoms with Gasteiger partial charge in [0.25, 0.3) is 0 Å². The van der Waals surface area contributed by atoms with Crippen LogP contribution in [0.25, 0.3) is 11.0 Å². The zero-order valence-corrected chi connectivity index (χ0v) is 16.4. The van der Waals surface area contributed by atoms with Gasteiger partial charge in [0, 0.05) is 36.7 Å². The Bertz CT molecular complexity index is 1060. The van der Waals surface area contributed by atoms with E-state index >= 15 is 0 Å². The van der Waals surface area contributed by atoms with E-state index in [1.165, 1.54) is 0 Å². The predicted molar refractivity (Wildman–Crippen MR) is 115 cm³/mol. The molecule has 3 heterocycles. The maximum Gasteiger partial charge on any atom is 0.229 e. The van der Waals surface area contributed by atoms with Crippen LogP contribution in [-0.4, -0.2) is 40.6 Å². The van der Waals surface area contributed by atoms with Gasteiger partial charge in [-0.25, -0.2) is 4.98 Å². The van der Waals surface area contributed by atoms with Gasteiger partial charge in [-0.3, -0.25) is 4.98 Å². The highest BCUT2D eigenvalue weighted by molar-refractivity contribution is 5.87. The lowest BCUT2D eigenvalue weighted by Gasteiger charge is -2.20. The van der Waals surface area contributed by atoms with Crippen LogP contribution in [0.3, 0.4) is 0 Å². The number of nitrogens with zero attached hydrogens (tertiary/aromatic N) is 5. The largest absolute Gasteiger partial charge is 0.399 e. The van der Waals surface area contributed by atoms with Gasteiger partial charge in [0.2, 0.25) is 5.95 Å². The molecule has 29 heavy (non-hydrogen) atoms. The van der Waals surface area contributed by atoms with Crippen molar-refractivity contribution in [2.75, 3.05) is 35.6 Å². The number of anilines is 4. The monoisotopic (exact) mass is 388 g/mol. The molecule has 0 bridgehead atoms. The van der Waals surface area contributed by atoms with Gasteiger partial charge in [0.05, 0.1) is 17.1 Å². The molecule has 1 aliphatic rings. The zero-order chi connectivity index (χ0) is 20.2. The number of hydrogen-bond acceptors (Lipinski definition) is 8. The van der Waals surface area contributed by atoms with Crippen molar-refractivity contribution in [1.82, 2.24) is 20.3 Å². The van der Waals surface area contributed by atoms with E-state index in [1.807, 2.05) is 12.1 Å². The Morgan fingerprint density at radius 1 is 1.31 bits per heavy atom. The molecular weight excluding hydrogens is 364 g/mol. The summed E-state index contributed by atoms with van der Waals surface area (Å²) >= 11 is 0. The van der Waals surface area contributed by atoms with Gasteiger partial charge in [0.15, 0.2) is 5.82 Å². The summed E-state index contributed by atoms with van der Waals surface area (Å²) in [6, 6.07) is 11.5. The highest BCUT2D eigenvalue weighted by Gasteiger charge is 2.25. The predicted octanol–water partition coefficient (Wildman–Crippen LogP) is 2.80. The Labute approximate surface area is 169 Å². The summed E-state index contributed by atoms with van der Waals surface area (Å²) < 4.78 is 0. The summed E-state index contributed by atoms with van der Waals surface area (Å²) in [5.74, 6) is 1.28. The van der Waals surface area contributed by atoms with Crippen LogP contribution < -0.4 is 21.3 Å². The Kier molecular flexibility index (Phi) is 5.40. The number of pyridine rings is 1. The van der Waals surface area contributed by atoms with Crippen LogP contribution in [0.4, 0.5) is 23.1 Å². The first-order valence-electron chi connectivity index (χ1n) is 9.85. The minimum atomic E-state index is 0.451. The summed E-state index contributed by atoms with van der Waals surface area (Å²) in [6.07, 6.45) is 3.96. The van der Waals surface area contributed by atoms with Crippen molar-refractivity contribution in [1.29, 1.82) is 5.26 Å². The van der Waals surface area contributed by atoms with E-state index in [-0.39, 0.29) is 0 Å². The summed E-state index contributed by atoms with van der Waals surface area (Å²) in [7, 11) is 0. The number of rotatable bonds is 6. The molecule has 4 rings (SSSR count). The van der Waals surface area contributed by atoms with E-state index < -0.39 is 0 Å². The molecule has 1 fully saturated rings. The van der Waals surface area contributed by atoms with Crippen LogP contribution in [-0.2, 0) is 0 Å². The standard InChI is InChI=1S/C21H24N8/c1-2-6-24-16-5-8-29(13-16)20-19-18(4-3-7-25-19)27-21(28-20)26-17-10-14(12-22)9-15(23)11-17/h3-4,7,9-11,16,24H,2,5-6,8,13,23H2,1H3,(H,26,27,28)/t16-/m0/s1. The molecule has 0 aliphatic carbocycles. The van der Waals surface area contributed by atoms with Crippen LogP contribution in [0, 0.1) is 11.3 Å². The quantitative estimate of drug-likeness (QED) is 0.552. The summed E-state index contributed by atoms with van der Waals surface area (Å²) in [5.41, 5.74) is 9.15. The average molecular weight is 388 g/mol. The Balaban J connectivity index is 1.67. The van der Waals surface area contributed by atoms with E-state index in [4.69, 9.17) is 10.7 Å². The van der Waals surface area contributed by atoms with Gasteiger partial charge in [-0.2, -0.15) is 10.2 Å². The topological polar surface area (TPSA) is 116 Å². The minimum absolute atomic E-state index is 0.451. The molecule has 4 N–H and O–H groups in total. The number of nitrogens with one attached hydrogen (secondary N) is 2. The Hall–Kier alpha value is -3.44.